The molecule has 1 aromatic heterocycles. The number of carboxylic acids is 1. The largest absolute Gasteiger partial charge is 0.545 e. The summed E-state index contributed by atoms with van der Waals surface area (Å²) in [5, 5.41) is 16.4. The molecule has 7 nitrogen and oxygen atoms in total. The number of carbonyl (C=O) groups excluding carboxylic acids is 3. The summed E-state index contributed by atoms with van der Waals surface area (Å²) in [6, 6.07) is 9.57. The minimum atomic E-state index is -1.30. The molecule has 1 saturated carbocycles. The lowest BCUT2D eigenvalue weighted by molar-refractivity contribution is -0.255. The lowest BCUT2D eigenvalue weighted by Crippen LogP contribution is -2.38. The van der Waals surface area contributed by atoms with E-state index >= 15 is 0 Å². The Morgan fingerprint density at radius 3 is 2.31 bits per heavy atom. The summed E-state index contributed by atoms with van der Waals surface area (Å²) < 4.78 is 5.66. The van der Waals surface area contributed by atoms with Gasteiger partial charge in [-0.15, -0.1) is 0 Å². The van der Waals surface area contributed by atoms with Gasteiger partial charge in [-0.2, -0.15) is 10.1 Å². The number of aromatic carboxylic acids is 1. The first-order valence-electron chi connectivity index (χ1n) is 9.55. The number of carboxylic acid groups (broad SMARTS) is 1. The molecule has 2 fully saturated rings. The van der Waals surface area contributed by atoms with Gasteiger partial charge in [0.05, 0.1) is 24.0 Å². The van der Waals surface area contributed by atoms with Gasteiger partial charge in [0.15, 0.2) is 0 Å². The molecule has 7 heteroatoms. The Morgan fingerprint density at radius 2 is 1.69 bits per heavy atom. The fourth-order valence-corrected chi connectivity index (χ4v) is 4.73. The van der Waals surface area contributed by atoms with Crippen LogP contribution in [0.2, 0.25) is 0 Å². The van der Waals surface area contributed by atoms with E-state index in [1.54, 1.807) is 30.3 Å². The Hall–Kier alpha value is -3.48. The van der Waals surface area contributed by atoms with E-state index in [0.29, 0.717) is 17.1 Å². The molecule has 2 amide bonds. The van der Waals surface area contributed by atoms with Crippen LogP contribution in [-0.2, 0) is 9.59 Å². The Kier molecular flexibility index (Phi) is 3.97. The van der Waals surface area contributed by atoms with Crippen LogP contribution < -0.4 is 5.11 Å². The zero-order chi connectivity index (χ0) is 20.1. The maximum atomic E-state index is 12.8. The van der Waals surface area contributed by atoms with Crippen LogP contribution in [0.3, 0.4) is 0 Å². The number of hydrazone groups is 1. The molecule has 2 aromatic rings. The van der Waals surface area contributed by atoms with Crippen molar-refractivity contribution in [3.05, 3.63) is 59.9 Å². The predicted octanol–water partition coefficient (Wildman–Crippen LogP) is 1.84. The van der Waals surface area contributed by atoms with Gasteiger partial charge in [-0.3, -0.25) is 9.59 Å². The monoisotopic (exact) mass is 389 g/mol. The maximum Gasteiger partial charge on any atom is 0.254 e. The van der Waals surface area contributed by atoms with E-state index in [2.05, 4.69) is 17.3 Å². The third-order valence-electron chi connectivity index (χ3n) is 6.08. The lowest BCUT2D eigenvalue weighted by atomic mass is 9.63. The molecular weight excluding hydrogens is 372 g/mol. The van der Waals surface area contributed by atoms with Crippen LogP contribution in [0.25, 0.3) is 11.3 Å². The molecule has 146 valence electrons. The standard InChI is InChI=1S/C22H18N2O5/c25-20-18-12-5-6-13(8-7-12)19(18)21(26)24(20)23-11-14-9-10-17(29-14)15-3-1-2-4-16(15)22(27)28/h1-6,9-13,18-19H,7-8H2,(H,27,28)/p-1/b23-11-/t12-,13-,18-,19-/m0/s1. The van der Waals surface area contributed by atoms with Crippen LogP contribution in [0.1, 0.15) is 29.0 Å². The summed E-state index contributed by atoms with van der Waals surface area (Å²) in [5.74, 6) is -1.59. The average molecular weight is 389 g/mol. The quantitative estimate of drug-likeness (QED) is 0.451. The number of amides is 2. The number of hydrogen-bond donors (Lipinski definition) is 0. The fraction of sp³-hybridized carbons (Fsp3) is 0.273. The highest BCUT2D eigenvalue weighted by Gasteiger charge is 2.56. The highest BCUT2D eigenvalue weighted by atomic mass is 16.4. The molecule has 2 bridgehead atoms. The van der Waals surface area contributed by atoms with Crippen molar-refractivity contribution in [1.82, 2.24) is 5.01 Å². The van der Waals surface area contributed by atoms with Gasteiger partial charge >= 0.3 is 0 Å². The van der Waals surface area contributed by atoms with Gasteiger partial charge < -0.3 is 14.3 Å². The van der Waals surface area contributed by atoms with Gasteiger partial charge in [-0.1, -0.05) is 36.4 Å². The molecule has 4 aliphatic rings. The minimum Gasteiger partial charge on any atom is -0.545 e. The number of allylic oxidation sites excluding steroid dienone is 2. The van der Waals surface area contributed by atoms with Crippen LogP contribution in [-0.4, -0.2) is 29.0 Å². The van der Waals surface area contributed by atoms with Crippen molar-refractivity contribution in [2.75, 3.05) is 0 Å². The van der Waals surface area contributed by atoms with Gasteiger partial charge in [0, 0.05) is 11.1 Å². The van der Waals surface area contributed by atoms with Crippen molar-refractivity contribution >= 4 is 24.0 Å². The Morgan fingerprint density at radius 1 is 1.03 bits per heavy atom. The van der Waals surface area contributed by atoms with E-state index in [9.17, 15) is 19.5 Å². The molecule has 4 atom stereocenters. The zero-order valence-corrected chi connectivity index (χ0v) is 15.4. The number of nitrogens with zero attached hydrogens (tertiary/aromatic N) is 2. The van der Waals surface area contributed by atoms with Gasteiger partial charge in [0.1, 0.15) is 11.5 Å². The lowest BCUT2D eigenvalue weighted by Gasteiger charge is -2.37. The van der Waals surface area contributed by atoms with Crippen molar-refractivity contribution in [3.63, 3.8) is 0 Å². The van der Waals surface area contributed by atoms with Crippen molar-refractivity contribution in [2.24, 2.45) is 28.8 Å². The van der Waals surface area contributed by atoms with E-state index in [-0.39, 0.29) is 41.0 Å². The molecule has 0 N–H and O–H groups in total. The van der Waals surface area contributed by atoms with Crippen molar-refractivity contribution < 1.29 is 23.9 Å². The topological polar surface area (TPSA) is 103 Å². The first kappa shape index (κ1) is 17.6. The van der Waals surface area contributed by atoms with Crippen molar-refractivity contribution in [3.8, 4) is 11.3 Å². The average Bonchev–Trinajstić information content (AvgIpc) is 3.32. The summed E-state index contributed by atoms with van der Waals surface area (Å²) in [6.07, 6.45) is 7.28. The van der Waals surface area contributed by atoms with E-state index in [4.69, 9.17) is 4.42 Å². The van der Waals surface area contributed by atoms with Crippen LogP contribution >= 0.6 is 0 Å². The molecule has 6 rings (SSSR count). The first-order valence-corrected chi connectivity index (χ1v) is 9.55. The first-order chi connectivity index (χ1) is 14.0. The molecule has 1 aliphatic heterocycles. The van der Waals surface area contributed by atoms with Crippen LogP contribution in [0.5, 0.6) is 0 Å². The van der Waals surface area contributed by atoms with Gasteiger partial charge in [-0.25, -0.2) is 0 Å². The third kappa shape index (κ3) is 2.73. The molecular formula is C22H17N2O5-. The summed E-state index contributed by atoms with van der Waals surface area (Å²) >= 11 is 0. The van der Waals surface area contributed by atoms with Gasteiger partial charge in [-0.05, 0) is 36.8 Å². The zero-order valence-electron chi connectivity index (χ0n) is 15.4. The molecule has 3 aliphatic carbocycles. The maximum absolute atomic E-state index is 12.8. The minimum absolute atomic E-state index is 0.0160. The molecule has 0 radical (unpaired) electrons. The summed E-state index contributed by atoms with van der Waals surface area (Å²) in [4.78, 5) is 36.8. The summed E-state index contributed by atoms with van der Waals surface area (Å²) in [5.41, 5.74) is 0.399. The van der Waals surface area contributed by atoms with E-state index in [0.717, 1.165) is 17.9 Å². The van der Waals surface area contributed by atoms with Crippen LogP contribution in [0, 0.1) is 23.7 Å². The Bertz CT molecular complexity index is 1050. The second-order valence-electron chi connectivity index (χ2n) is 7.61. The van der Waals surface area contributed by atoms with Gasteiger partial charge in [0.25, 0.3) is 11.8 Å². The fourth-order valence-electron chi connectivity index (χ4n) is 4.73. The second-order valence-corrected chi connectivity index (χ2v) is 7.61. The normalized spacial score (nSPS) is 27.8. The third-order valence-corrected chi connectivity index (χ3v) is 6.08. The number of rotatable bonds is 4. The number of benzene rings is 1. The highest BCUT2D eigenvalue weighted by molar-refractivity contribution is 6.06. The molecule has 1 saturated heterocycles. The Balaban J connectivity index is 1.39. The van der Waals surface area contributed by atoms with Gasteiger partial charge in [0.2, 0.25) is 0 Å². The highest BCUT2D eigenvalue weighted by Crippen LogP contribution is 2.49. The number of hydrogen-bond acceptors (Lipinski definition) is 6. The smallest absolute Gasteiger partial charge is 0.254 e. The Labute approximate surface area is 166 Å². The van der Waals surface area contributed by atoms with Crippen LogP contribution in [0.15, 0.2) is 58.1 Å². The molecule has 0 unspecified atom stereocenters. The van der Waals surface area contributed by atoms with Crippen molar-refractivity contribution in [2.45, 2.75) is 12.8 Å². The number of fused-ring (bicyclic) bond motifs is 1. The van der Waals surface area contributed by atoms with Crippen LogP contribution in [0.4, 0.5) is 0 Å². The summed E-state index contributed by atoms with van der Waals surface area (Å²) in [7, 11) is 0. The number of carbonyl (C=O) groups is 3. The SMILES string of the molecule is O=C([O-])c1ccccc1-c1ccc(/C=N\N2C(=O)[C@@H]3[C@@H](C2=O)[C@H]2C=C[C@H]3CC2)o1. The van der Waals surface area contributed by atoms with E-state index in [1.165, 1.54) is 12.3 Å². The van der Waals surface area contributed by atoms with E-state index < -0.39 is 5.97 Å². The molecule has 29 heavy (non-hydrogen) atoms. The summed E-state index contributed by atoms with van der Waals surface area (Å²) in [6.45, 7) is 0. The molecule has 2 heterocycles. The van der Waals surface area contributed by atoms with E-state index in [1.807, 2.05) is 0 Å². The molecule has 1 aromatic carbocycles. The molecule has 0 spiro atoms. The number of furan rings is 1. The second kappa shape index (κ2) is 6.55. The predicted molar refractivity (Wildman–Crippen MR) is 100 cm³/mol. The van der Waals surface area contributed by atoms with Crippen molar-refractivity contribution in [1.29, 1.82) is 0 Å². The number of imide groups is 1.